The maximum Gasteiger partial charge on any atom is 0.131 e. The fourth-order valence-electron chi connectivity index (χ4n) is 1.31. The van der Waals surface area contributed by atoms with Gasteiger partial charge in [0.2, 0.25) is 0 Å². The van der Waals surface area contributed by atoms with E-state index in [1.165, 1.54) is 0 Å². The minimum atomic E-state index is 0.648. The third kappa shape index (κ3) is 5.46. The van der Waals surface area contributed by atoms with Gasteiger partial charge in [0.1, 0.15) is 17.5 Å². The summed E-state index contributed by atoms with van der Waals surface area (Å²) in [5.41, 5.74) is 0. The molecule has 17 heavy (non-hydrogen) atoms. The second-order valence-corrected chi connectivity index (χ2v) is 3.52. The molecule has 6 nitrogen and oxygen atoms in total. The summed E-state index contributed by atoms with van der Waals surface area (Å²) >= 11 is 0. The van der Waals surface area contributed by atoms with E-state index >= 15 is 0 Å². The van der Waals surface area contributed by atoms with E-state index in [1.54, 1.807) is 14.2 Å². The molecule has 0 aliphatic rings. The molecule has 0 saturated carbocycles. The number of methoxy groups -OCH3 is 2. The number of nitrogens with one attached hydrogen (secondary N) is 2. The number of anilines is 2. The Morgan fingerprint density at radius 3 is 1.88 bits per heavy atom. The molecule has 0 spiro atoms. The van der Waals surface area contributed by atoms with Crippen molar-refractivity contribution in [3.8, 4) is 0 Å². The van der Waals surface area contributed by atoms with Crippen molar-refractivity contribution in [2.24, 2.45) is 0 Å². The van der Waals surface area contributed by atoms with Gasteiger partial charge in [-0.15, -0.1) is 0 Å². The predicted molar refractivity (Wildman–Crippen MR) is 67.5 cm³/mol. The summed E-state index contributed by atoms with van der Waals surface area (Å²) in [6, 6.07) is 1.87. The largest absolute Gasteiger partial charge is 0.383 e. The lowest BCUT2D eigenvalue weighted by molar-refractivity contribution is 0.210. The average Bonchev–Trinajstić information content (AvgIpc) is 2.29. The zero-order chi connectivity index (χ0) is 12.5. The molecule has 1 heterocycles. The smallest absolute Gasteiger partial charge is 0.131 e. The van der Waals surface area contributed by atoms with Crippen molar-refractivity contribution in [3.63, 3.8) is 0 Å². The summed E-state index contributed by atoms with van der Waals surface area (Å²) in [5.74, 6) is 2.33. The van der Waals surface area contributed by atoms with Crippen molar-refractivity contribution in [3.05, 3.63) is 11.9 Å². The van der Waals surface area contributed by atoms with Crippen LogP contribution in [0.2, 0.25) is 0 Å². The van der Waals surface area contributed by atoms with Gasteiger partial charge in [-0.05, 0) is 6.92 Å². The van der Waals surface area contributed by atoms with Crippen LogP contribution >= 0.6 is 0 Å². The van der Waals surface area contributed by atoms with E-state index in [4.69, 9.17) is 9.47 Å². The number of aryl methyl sites for hydroxylation is 1. The summed E-state index contributed by atoms with van der Waals surface area (Å²) in [6.45, 7) is 4.61. The SMILES string of the molecule is COCCNc1cc(NCCOC)nc(C)n1. The van der Waals surface area contributed by atoms with Gasteiger partial charge in [-0.25, -0.2) is 9.97 Å². The standard InChI is InChI=1S/C11H20N4O2/c1-9-14-10(12-4-6-16-2)8-11(15-9)13-5-7-17-3/h8H,4-7H2,1-3H3,(H2,12,13,14,15). The van der Waals surface area contributed by atoms with Gasteiger partial charge in [0, 0.05) is 33.4 Å². The first-order chi connectivity index (χ1) is 8.26. The average molecular weight is 240 g/mol. The van der Waals surface area contributed by atoms with Crippen LogP contribution in [0.25, 0.3) is 0 Å². The van der Waals surface area contributed by atoms with Crippen LogP contribution in [-0.4, -0.2) is 50.5 Å². The number of rotatable bonds is 8. The molecular weight excluding hydrogens is 220 g/mol. The van der Waals surface area contributed by atoms with Crippen LogP contribution in [0.3, 0.4) is 0 Å². The first kappa shape index (κ1) is 13.7. The summed E-state index contributed by atoms with van der Waals surface area (Å²) in [4.78, 5) is 8.57. The molecule has 1 aromatic heterocycles. The van der Waals surface area contributed by atoms with Crippen LogP contribution in [0.15, 0.2) is 6.07 Å². The first-order valence-electron chi connectivity index (χ1n) is 5.57. The van der Waals surface area contributed by atoms with Crippen LogP contribution in [-0.2, 0) is 9.47 Å². The molecule has 0 saturated heterocycles. The van der Waals surface area contributed by atoms with Crippen LogP contribution in [0.1, 0.15) is 5.82 Å². The van der Waals surface area contributed by atoms with E-state index in [9.17, 15) is 0 Å². The number of hydrogen-bond acceptors (Lipinski definition) is 6. The van der Waals surface area contributed by atoms with E-state index in [2.05, 4.69) is 20.6 Å². The summed E-state index contributed by atoms with van der Waals surface area (Å²) in [6.07, 6.45) is 0. The molecule has 2 N–H and O–H groups in total. The molecule has 0 aliphatic heterocycles. The highest BCUT2D eigenvalue weighted by atomic mass is 16.5. The maximum absolute atomic E-state index is 4.97. The topological polar surface area (TPSA) is 68.3 Å². The lowest BCUT2D eigenvalue weighted by Gasteiger charge is -2.09. The van der Waals surface area contributed by atoms with E-state index in [1.807, 2.05) is 13.0 Å². The molecule has 0 amide bonds. The minimum Gasteiger partial charge on any atom is -0.383 e. The van der Waals surface area contributed by atoms with Gasteiger partial charge in [-0.2, -0.15) is 0 Å². The monoisotopic (exact) mass is 240 g/mol. The molecule has 1 aromatic rings. The predicted octanol–water partition coefficient (Wildman–Crippen LogP) is 0.902. The van der Waals surface area contributed by atoms with Gasteiger partial charge in [-0.3, -0.25) is 0 Å². The molecule has 0 bridgehead atoms. The molecule has 0 aliphatic carbocycles. The molecule has 0 fully saturated rings. The van der Waals surface area contributed by atoms with Gasteiger partial charge in [-0.1, -0.05) is 0 Å². The molecule has 0 radical (unpaired) electrons. The quantitative estimate of drug-likeness (QED) is 0.658. The highest BCUT2D eigenvalue weighted by molar-refractivity contribution is 5.47. The summed E-state index contributed by atoms with van der Waals surface area (Å²) in [5, 5.41) is 6.34. The third-order valence-corrected chi connectivity index (χ3v) is 2.06. The molecular formula is C11H20N4O2. The van der Waals surface area contributed by atoms with Gasteiger partial charge in [0.15, 0.2) is 0 Å². The van der Waals surface area contributed by atoms with Crippen molar-refractivity contribution in [2.75, 3.05) is 51.2 Å². The fraction of sp³-hybridized carbons (Fsp3) is 0.636. The highest BCUT2D eigenvalue weighted by Crippen LogP contribution is 2.10. The zero-order valence-corrected chi connectivity index (χ0v) is 10.6. The Balaban J connectivity index is 2.53. The van der Waals surface area contributed by atoms with Crippen molar-refractivity contribution < 1.29 is 9.47 Å². The second-order valence-electron chi connectivity index (χ2n) is 3.52. The lowest BCUT2D eigenvalue weighted by atomic mass is 10.4. The Hall–Kier alpha value is -1.40. The van der Waals surface area contributed by atoms with Crippen molar-refractivity contribution in [1.29, 1.82) is 0 Å². The Labute approximate surface area is 102 Å². The van der Waals surface area contributed by atoms with Crippen LogP contribution in [0, 0.1) is 6.92 Å². The van der Waals surface area contributed by atoms with Crippen LogP contribution in [0.5, 0.6) is 0 Å². The van der Waals surface area contributed by atoms with Gasteiger partial charge in [0.05, 0.1) is 13.2 Å². The number of nitrogens with zero attached hydrogens (tertiary/aromatic N) is 2. The van der Waals surface area contributed by atoms with Crippen molar-refractivity contribution >= 4 is 11.6 Å². The third-order valence-electron chi connectivity index (χ3n) is 2.06. The van der Waals surface area contributed by atoms with E-state index < -0.39 is 0 Å². The highest BCUT2D eigenvalue weighted by Gasteiger charge is 2.00. The first-order valence-corrected chi connectivity index (χ1v) is 5.57. The maximum atomic E-state index is 4.97. The number of aromatic nitrogens is 2. The van der Waals surface area contributed by atoms with E-state index in [-0.39, 0.29) is 0 Å². The van der Waals surface area contributed by atoms with Crippen LogP contribution in [0.4, 0.5) is 11.6 Å². The number of hydrogen-bond donors (Lipinski definition) is 2. The molecule has 0 atom stereocenters. The Morgan fingerprint density at radius 2 is 1.47 bits per heavy atom. The molecule has 1 rings (SSSR count). The molecule has 0 unspecified atom stereocenters. The normalized spacial score (nSPS) is 10.3. The summed E-state index contributed by atoms with van der Waals surface area (Å²) in [7, 11) is 3.34. The van der Waals surface area contributed by atoms with E-state index in [0.717, 1.165) is 30.5 Å². The van der Waals surface area contributed by atoms with Crippen LogP contribution < -0.4 is 10.6 Å². The second kappa shape index (κ2) is 7.81. The molecule has 6 heteroatoms. The van der Waals surface area contributed by atoms with Crippen molar-refractivity contribution in [2.45, 2.75) is 6.92 Å². The van der Waals surface area contributed by atoms with Crippen molar-refractivity contribution in [1.82, 2.24) is 9.97 Å². The Morgan fingerprint density at radius 1 is 1.00 bits per heavy atom. The van der Waals surface area contributed by atoms with Gasteiger partial charge < -0.3 is 20.1 Å². The minimum absolute atomic E-state index is 0.648. The molecule has 96 valence electrons. The van der Waals surface area contributed by atoms with E-state index in [0.29, 0.717) is 13.2 Å². The summed E-state index contributed by atoms with van der Waals surface area (Å²) < 4.78 is 9.93. The Kier molecular flexibility index (Phi) is 6.27. The van der Waals surface area contributed by atoms with Gasteiger partial charge in [0.25, 0.3) is 0 Å². The molecule has 0 aromatic carbocycles. The Bertz CT molecular complexity index is 305. The fourth-order valence-corrected chi connectivity index (χ4v) is 1.31. The number of ether oxygens (including phenoxy) is 2. The van der Waals surface area contributed by atoms with Gasteiger partial charge >= 0.3 is 0 Å². The lowest BCUT2D eigenvalue weighted by Crippen LogP contribution is -2.12. The zero-order valence-electron chi connectivity index (χ0n) is 10.6.